The van der Waals surface area contributed by atoms with Gasteiger partial charge in [-0.05, 0) is 19.1 Å². The van der Waals surface area contributed by atoms with Crippen molar-refractivity contribution >= 4 is 17.0 Å². The van der Waals surface area contributed by atoms with E-state index in [4.69, 9.17) is 9.47 Å². The van der Waals surface area contributed by atoms with Crippen LogP contribution in [0.15, 0.2) is 29.1 Å². The van der Waals surface area contributed by atoms with Gasteiger partial charge >= 0.3 is 0 Å². The molecule has 1 unspecified atom stereocenters. The Bertz CT molecular complexity index is 500. The second kappa shape index (κ2) is 5.73. The van der Waals surface area contributed by atoms with Gasteiger partial charge in [-0.3, -0.25) is 0 Å². The molecule has 2 rings (SSSR count). The lowest BCUT2D eigenvalue weighted by Gasteiger charge is -2.16. The van der Waals surface area contributed by atoms with Crippen molar-refractivity contribution in [3.8, 4) is 11.5 Å². The molecule has 0 spiro atoms. The summed E-state index contributed by atoms with van der Waals surface area (Å²) in [4.78, 5) is 4.29. The molecule has 0 aliphatic heterocycles. The summed E-state index contributed by atoms with van der Waals surface area (Å²) in [5, 5.41) is 5.41. The first kappa shape index (κ1) is 12.7. The predicted octanol–water partition coefficient (Wildman–Crippen LogP) is 3.33. The van der Waals surface area contributed by atoms with E-state index in [9.17, 15) is 0 Å². The number of benzene rings is 1. The Hall–Kier alpha value is -1.75. The summed E-state index contributed by atoms with van der Waals surface area (Å²) in [6.45, 7) is 2.06. The fraction of sp³-hybridized carbons (Fsp3) is 0.308. The average Bonchev–Trinajstić information content (AvgIpc) is 2.92. The van der Waals surface area contributed by atoms with E-state index >= 15 is 0 Å². The van der Waals surface area contributed by atoms with Crippen LogP contribution in [0.5, 0.6) is 11.5 Å². The maximum absolute atomic E-state index is 5.33. The van der Waals surface area contributed by atoms with Gasteiger partial charge in [-0.15, -0.1) is 11.3 Å². The van der Waals surface area contributed by atoms with Gasteiger partial charge in [0.15, 0.2) is 0 Å². The van der Waals surface area contributed by atoms with Gasteiger partial charge in [-0.25, -0.2) is 4.98 Å². The molecule has 0 saturated heterocycles. The number of hydrogen-bond acceptors (Lipinski definition) is 5. The standard InChI is InChI=1S/C13H16N2O2S/c1-9(12-7-18-8-14-12)15-11-6-10(16-2)4-5-13(11)17-3/h4-9,15H,1-3H3. The topological polar surface area (TPSA) is 43.4 Å². The van der Waals surface area contributed by atoms with E-state index in [0.717, 1.165) is 22.9 Å². The fourth-order valence-electron chi connectivity index (χ4n) is 1.67. The van der Waals surface area contributed by atoms with Crippen molar-refractivity contribution in [3.05, 3.63) is 34.8 Å². The summed E-state index contributed by atoms with van der Waals surface area (Å²) in [7, 11) is 3.30. The molecule has 1 aromatic carbocycles. The van der Waals surface area contributed by atoms with Crippen LogP contribution < -0.4 is 14.8 Å². The lowest BCUT2D eigenvalue weighted by molar-refractivity contribution is 0.404. The van der Waals surface area contributed by atoms with Gasteiger partial charge in [0.1, 0.15) is 11.5 Å². The summed E-state index contributed by atoms with van der Waals surface area (Å²) < 4.78 is 10.5. The Morgan fingerprint density at radius 2 is 2.11 bits per heavy atom. The minimum absolute atomic E-state index is 0.122. The van der Waals surface area contributed by atoms with Gasteiger partial charge in [-0.2, -0.15) is 0 Å². The first-order chi connectivity index (χ1) is 8.74. The van der Waals surface area contributed by atoms with Crippen LogP contribution in [-0.4, -0.2) is 19.2 Å². The highest BCUT2D eigenvalue weighted by atomic mass is 32.1. The molecule has 4 nitrogen and oxygen atoms in total. The Balaban J connectivity index is 2.21. The molecule has 18 heavy (non-hydrogen) atoms. The van der Waals surface area contributed by atoms with E-state index in [1.165, 1.54) is 0 Å². The number of nitrogens with one attached hydrogen (secondary N) is 1. The number of hydrogen-bond donors (Lipinski definition) is 1. The third-order valence-electron chi connectivity index (χ3n) is 2.67. The SMILES string of the molecule is COc1ccc(OC)c(NC(C)c2cscn2)c1. The Labute approximate surface area is 111 Å². The highest BCUT2D eigenvalue weighted by Gasteiger charge is 2.11. The molecule has 0 saturated carbocycles. The van der Waals surface area contributed by atoms with E-state index in [2.05, 4.69) is 17.2 Å². The largest absolute Gasteiger partial charge is 0.497 e. The van der Waals surface area contributed by atoms with E-state index in [0.29, 0.717) is 0 Å². The van der Waals surface area contributed by atoms with Crippen molar-refractivity contribution in [1.82, 2.24) is 4.98 Å². The number of anilines is 1. The van der Waals surface area contributed by atoms with Crippen LogP contribution in [0, 0.1) is 0 Å². The van der Waals surface area contributed by atoms with Crippen molar-refractivity contribution in [2.75, 3.05) is 19.5 Å². The van der Waals surface area contributed by atoms with Crippen molar-refractivity contribution in [1.29, 1.82) is 0 Å². The van der Waals surface area contributed by atoms with Crippen LogP contribution in [-0.2, 0) is 0 Å². The molecule has 1 atom stereocenters. The molecule has 0 bridgehead atoms. The molecule has 0 aliphatic carbocycles. The van der Waals surface area contributed by atoms with Crippen molar-refractivity contribution in [2.24, 2.45) is 0 Å². The van der Waals surface area contributed by atoms with Gasteiger partial charge < -0.3 is 14.8 Å². The smallest absolute Gasteiger partial charge is 0.142 e. The van der Waals surface area contributed by atoms with Crippen LogP contribution >= 0.6 is 11.3 Å². The number of aromatic nitrogens is 1. The van der Waals surface area contributed by atoms with Crippen LogP contribution in [0.2, 0.25) is 0 Å². The zero-order chi connectivity index (χ0) is 13.0. The van der Waals surface area contributed by atoms with Crippen LogP contribution in [0.3, 0.4) is 0 Å². The van der Waals surface area contributed by atoms with E-state index in [-0.39, 0.29) is 6.04 Å². The minimum Gasteiger partial charge on any atom is -0.497 e. The summed E-state index contributed by atoms with van der Waals surface area (Å²) in [5.41, 5.74) is 3.75. The lowest BCUT2D eigenvalue weighted by Crippen LogP contribution is -2.08. The van der Waals surface area contributed by atoms with Gasteiger partial charge in [0.05, 0.1) is 37.2 Å². The van der Waals surface area contributed by atoms with Gasteiger partial charge in [0.25, 0.3) is 0 Å². The number of methoxy groups -OCH3 is 2. The molecule has 0 fully saturated rings. The summed E-state index contributed by atoms with van der Waals surface area (Å²) in [6.07, 6.45) is 0. The molecule has 0 amide bonds. The normalized spacial score (nSPS) is 11.9. The monoisotopic (exact) mass is 264 g/mol. The first-order valence-corrected chi connectivity index (χ1v) is 6.55. The van der Waals surface area contributed by atoms with Crippen LogP contribution in [0.25, 0.3) is 0 Å². The Kier molecular flexibility index (Phi) is 4.04. The summed E-state index contributed by atoms with van der Waals surface area (Å²) >= 11 is 1.59. The second-order valence-corrected chi connectivity index (χ2v) is 4.56. The number of thiazole rings is 1. The highest BCUT2D eigenvalue weighted by Crippen LogP contribution is 2.31. The first-order valence-electron chi connectivity index (χ1n) is 5.61. The minimum atomic E-state index is 0.122. The summed E-state index contributed by atoms with van der Waals surface area (Å²) in [6, 6.07) is 5.80. The van der Waals surface area contributed by atoms with Gasteiger partial charge in [0, 0.05) is 11.4 Å². The van der Waals surface area contributed by atoms with Crippen LogP contribution in [0.4, 0.5) is 5.69 Å². The molecule has 5 heteroatoms. The Morgan fingerprint density at radius 3 is 2.72 bits per heavy atom. The van der Waals surface area contributed by atoms with E-state index < -0.39 is 0 Å². The zero-order valence-corrected chi connectivity index (χ0v) is 11.5. The van der Waals surface area contributed by atoms with E-state index in [1.54, 1.807) is 25.6 Å². The van der Waals surface area contributed by atoms with Crippen LogP contribution in [0.1, 0.15) is 18.7 Å². The molecule has 1 heterocycles. The molecule has 1 aromatic heterocycles. The number of nitrogens with zero attached hydrogens (tertiary/aromatic N) is 1. The third-order valence-corrected chi connectivity index (χ3v) is 3.28. The lowest BCUT2D eigenvalue weighted by atomic mass is 10.2. The van der Waals surface area contributed by atoms with E-state index in [1.807, 2.05) is 29.1 Å². The average molecular weight is 264 g/mol. The van der Waals surface area contributed by atoms with Gasteiger partial charge in [-0.1, -0.05) is 0 Å². The highest BCUT2D eigenvalue weighted by molar-refractivity contribution is 7.07. The zero-order valence-electron chi connectivity index (χ0n) is 10.6. The molecular weight excluding hydrogens is 248 g/mol. The van der Waals surface area contributed by atoms with Crippen molar-refractivity contribution in [2.45, 2.75) is 13.0 Å². The number of ether oxygens (including phenoxy) is 2. The molecular formula is C13H16N2O2S. The van der Waals surface area contributed by atoms with Crippen molar-refractivity contribution in [3.63, 3.8) is 0 Å². The Morgan fingerprint density at radius 1 is 1.28 bits per heavy atom. The molecule has 2 aromatic rings. The maximum Gasteiger partial charge on any atom is 0.142 e. The third kappa shape index (κ3) is 2.73. The molecule has 0 radical (unpaired) electrons. The van der Waals surface area contributed by atoms with Gasteiger partial charge in [0.2, 0.25) is 0 Å². The molecule has 1 N–H and O–H groups in total. The second-order valence-electron chi connectivity index (χ2n) is 3.85. The number of rotatable bonds is 5. The van der Waals surface area contributed by atoms with Crippen molar-refractivity contribution < 1.29 is 9.47 Å². The molecule has 96 valence electrons. The maximum atomic E-state index is 5.33. The summed E-state index contributed by atoms with van der Waals surface area (Å²) in [5.74, 6) is 1.58. The quantitative estimate of drug-likeness (QED) is 0.899. The predicted molar refractivity (Wildman–Crippen MR) is 73.7 cm³/mol. The molecule has 0 aliphatic rings. The fourth-order valence-corrected chi connectivity index (χ4v) is 2.32.